The van der Waals surface area contributed by atoms with Crippen LogP contribution in [-0.2, 0) is 9.59 Å². The topological polar surface area (TPSA) is 108 Å². The van der Waals surface area contributed by atoms with Crippen LogP contribution in [0.25, 0.3) is 0 Å². The van der Waals surface area contributed by atoms with Crippen molar-refractivity contribution in [1.82, 2.24) is 10.7 Å². The van der Waals surface area contributed by atoms with Gasteiger partial charge >= 0.3 is 6.03 Å². The van der Waals surface area contributed by atoms with Gasteiger partial charge in [-0.3, -0.25) is 19.7 Å². The summed E-state index contributed by atoms with van der Waals surface area (Å²) in [6, 6.07) is 12.0. The lowest BCUT2D eigenvalue weighted by Gasteiger charge is -2.28. The largest absolute Gasteiger partial charge is 0.335 e. The highest BCUT2D eigenvalue weighted by molar-refractivity contribution is 6.32. The molecule has 0 aliphatic carbocycles. The number of amides is 5. The number of hydrogen-bond acceptors (Lipinski definition) is 5. The van der Waals surface area contributed by atoms with Gasteiger partial charge in [0.1, 0.15) is 0 Å². The third kappa shape index (κ3) is 4.07. The van der Waals surface area contributed by atoms with E-state index < -0.39 is 29.7 Å². The maximum atomic E-state index is 12.7. The van der Waals surface area contributed by atoms with Crippen LogP contribution in [0.4, 0.5) is 10.5 Å². The Morgan fingerprint density at radius 2 is 1.89 bits per heavy atom. The van der Waals surface area contributed by atoms with E-state index in [0.717, 1.165) is 16.7 Å². The van der Waals surface area contributed by atoms with Crippen LogP contribution in [0.1, 0.15) is 15.9 Å². The van der Waals surface area contributed by atoms with E-state index in [1.807, 2.05) is 13.0 Å². The highest BCUT2D eigenvalue weighted by Crippen LogP contribution is 2.21. The van der Waals surface area contributed by atoms with E-state index in [9.17, 15) is 19.2 Å². The second-order valence-corrected chi connectivity index (χ2v) is 6.45. The molecular weight excluding hydrogens is 384 g/mol. The van der Waals surface area contributed by atoms with Crippen molar-refractivity contribution >= 4 is 47.3 Å². The van der Waals surface area contributed by atoms with Crippen LogP contribution in [0.3, 0.4) is 0 Å². The van der Waals surface area contributed by atoms with Gasteiger partial charge in [0.05, 0.1) is 5.69 Å². The Bertz CT molecular complexity index is 988. The molecule has 1 heterocycles. The number of benzene rings is 2. The van der Waals surface area contributed by atoms with Crippen LogP contribution in [0.15, 0.2) is 53.6 Å². The fourth-order valence-corrected chi connectivity index (χ4v) is 2.70. The van der Waals surface area contributed by atoms with E-state index in [-0.39, 0.29) is 0 Å². The maximum absolute atomic E-state index is 12.7. The van der Waals surface area contributed by atoms with Crippen LogP contribution in [0, 0.1) is 12.8 Å². The van der Waals surface area contributed by atoms with Crippen molar-refractivity contribution in [2.24, 2.45) is 11.0 Å². The monoisotopic (exact) mass is 398 g/mol. The van der Waals surface area contributed by atoms with Crippen LogP contribution in [-0.4, -0.2) is 30.0 Å². The van der Waals surface area contributed by atoms with E-state index in [0.29, 0.717) is 16.3 Å². The third-order valence-electron chi connectivity index (χ3n) is 3.96. The van der Waals surface area contributed by atoms with Crippen LogP contribution in [0.2, 0.25) is 5.02 Å². The van der Waals surface area contributed by atoms with Crippen molar-refractivity contribution in [3.05, 3.63) is 64.7 Å². The standard InChI is InChI=1S/C19H15ClN4O4/c1-11-3-2-4-14(9-11)24-18(27)15(17(26)22-19(24)28)10-21-23-16(25)12-5-7-13(20)8-6-12/h2-10,15H,1H3,(H,23,25)(H,22,26,28)/b21-10-/t15-/m0/s1. The minimum Gasteiger partial charge on any atom is -0.276 e. The molecule has 5 amide bonds. The number of rotatable bonds is 4. The van der Waals surface area contributed by atoms with Crippen LogP contribution >= 0.6 is 11.6 Å². The van der Waals surface area contributed by atoms with E-state index in [1.54, 1.807) is 30.3 Å². The highest BCUT2D eigenvalue weighted by Gasteiger charge is 2.40. The zero-order chi connectivity index (χ0) is 20.3. The smallest absolute Gasteiger partial charge is 0.276 e. The van der Waals surface area contributed by atoms with E-state index >= 15 is 0 Å². The molecule has 1 aliphatic heterocycles. The predicted molar refractivity (Wildman–Crippen MR) is 103 cm³/mol. The molecule has 1 aliphatic rings. The summed E-state index contributed by atoms with van der Waals surface area (Å²) in [6.45, 7) is 1.81. The van der Waals surface area contributed by atoms with Gasteiger partial charge in [-0.05, 0) is 48.9 Å². The fourth-order valence-electron chi connectivity index (χ4n) is 2.57. The molecule has 3 rings (SSSR count). The molecule has 2 aromatic rings. The minimum atomic E-state index is -1.36. The lowest BCUT2D eigenvalue weighted by molar-refractivity contribution is -0.131. The van der Waals surface area contributed by atoms with Crippen molar-refractivity contribution in [3.8, 4) is 0 Å². The zero-order valence-corrected chi connectivity index (χ0v) is 15.4. The molecule has 2 aromatic carbocycles. The molecule has 0 spiro atoms. The molecule has 2 N–H and O–H groups in total. The first-order chi connectivity index (χ1) is 13.4. The average Bonchev–Trinajstić information content (AvgIpc) is 2.64. The number of carbonyl (C=O) groups is 4. The summed E-state index contributed by atoms with van der Waals surface area (Å²) in [6.07, 6.45) is 0.987. The van der Waals surface area contributed by atoms with Gasteiger partial charge in [0, 0.05) is 16.8 Å². The summed E-state index contributed by atoms with van der Waals surface area (Å²) >= 11 is 5.76. The first-order valence-electron chi connectivity index (χ1n) is 8.21. The van der Waals surface area contributed by atoms with Gasteiger partial charge in [0.15, 0.2) is 5.92 Å². The maximum Gasteiger partial charge on any atom is 0.335 e. The minimum absolute atomic E-state index is 0.303. The lowest BCUT2D eigenvalue weighted by atomic mass is 10.1. The number of urea groups is 1. The number of hydrogen-bond donors (Lipinski definition) is 2. The number of imide groups is 2. The summed E-state index contributed by atoms with van der Waals surface area (Å²) in [5.74, 6) is -3.47. The van der Waals surface area contributed by atoms with Gasteiger partial charge in [-0.25, -0.2) is 15.1 Å². The third-order valence-corrected chi connectivity index (χ3v) is 4.21. The first-order valence-corrected chi connectivity index (χ1v) is 8.59. The molecule has 28 heavy (non-hydrogen) atoms. The second-order valence-electron chi connectivity index (χ2n) is 6.01. The SMILES string of the molecule is Cc1cccc(N2C(=O)NC(=O)[C@H](/C=N\NC(=O)c3ccc(Cl)cc3)C2=O)c1. The van der Waals surface area contributed by atoms with Crippen molar-refractivity contribution in [3.63, 3.8) is 0 Å². The predicted octanol–water partition coefficient (Wildman–Crippen LogP) is 2.26. The molecular formula is C19H15ClN4O4. The Labute approximate surface area is 165 Å². The Balaban J connectivity index is 1.75. The molecule has 8 nitrogen and oxygen atoms in total. The Kier molecular flexibility index (Phi) is 5.51. The molecule has 0 aromatic heterocycles. The van der Waals surface area contributed by atoms with Gasteiger partial charge in [-0.1, -0.05) is 23.7 Å². The number of barbiturate groups is 1. The van der Waals surface area contributed by atoms with Gasteiger partial charge in [0.25, 0.3) is 11.8 Å². The molecule has 9 heteroatoms. The highest BCUT2D eigenvalue weighted by atomic mass is 35.5. The van der Waals surface area contributed by atoms with E-state index in [4.69, 9.17) is 11.6 Å². The molecule has 1 fully saturated rings. The normalized spacial score (nSPS) is 17.0. The second kappa shape index (κ2) is 8.01. The number of hydrazone groups is 1. The Morgan fingerprint density at radius 3 is 2.57 bits per heavy atom. The zero-order valence-electron chi connectivity index (χ0n) is 14.7. The summed E-state index contributed by atoms with van der Waals surface area (Å²) in [7, 11) is 0. The van der Waals surface area contributed by atoms with Crippen molar-refractivity contribution in [2.75, 3.05) is 4.90 Å². The number of nitrogens with zero attached hydrogens (tertiary/aromatic N) is 2. The molecule has 0 unspecified atom stereocenters. The van der Waals surface area contributed by atoms with E-state index in [2.05, 4.69) is 15.8 Å². The lowest BCUT2D eigenvalue weighted by Crippen LogP contribution is -2.58. The summed E-state index contributed by atoms with van der Waals surface area (Å²) in [4.78, 5) is 49.7. The van der Waals surface area contributed by atoms with Crippen molar-refractivity contribution in [2.45, 2.75) is 6.92 Å². The molecule has 1 saturated heterocycles. The van der Waals surface area contributed by atoms with Gasteiger partial charge in [-0.15, -0.1) is 0 Å². The average molecular weight is 399 g/mol. The van der Waals surface area contributed by atoms with Crippen LogP contribution < -0.4 is 15.6 Å². The Hall–Kier alpha value is -3.52. The molecule has 142 valence electrons. The molecule has 0 saturated carbocycles. The quantitative estimate of drug-likeness (QED) is 0.467. The van der Waals surface area contributed by atoms with Crippen LogP contribution in [0.5, 0.6) is 0 Å². The van der Waals surface area contributed by atoms with Crippen molar-refractivity contribution < 1.29 is 19.2 Å². The van der Waals surface area contributed by atoms with E-state index in [1.165, 1.54) is 12.1 Å². The number of anilines is 1. The van der Waals surface area contributed by atoms with Gasteiger partial charge < -0.3 is 0 Å². The fraction of sp³-hybridized carbons (Fsp3) is 0.105. The molecule has 0 bridgehead atoms. The summed E-state index contributed by atoms with van der Waals surface area (Å²) in [5.41, 5.74) is 3.71. The van der Waals surface area contributed by atoms with Crippen molar-refractivity contribution in [1.29, 1.82) is 0 Å². The van der Waals surface area contributed by atoms with Gasteiger partial charge in [-0.2, -0.15) is 5.10 Å². The van der Waals surface area contributed by atoms with Gasteiger partial charge in [0.2, 0.25) is 5.91 Å². The number of aryl methyl sites for hydroxylation is 1. The Morgan fingerprint density at radius 1 is 1.18 bits per heavy atom. The number of nitrogens with one attached hydrogen (secondary N) is 2. The summed E-state index contributed by atoms with van der Waals surface area (Å²) < 4.78 is 0. The number of halogens is 1. The molecule has 1 atom stereocenters. The first kappa shape index (κ1) is 19.2. The summed E-state index contributed by atoms with van der Waals surface area (Å²) in [5, 5.41) is 6.28. The number of carbonyl (C=O) groups excluding carboxylic acids is 4. The molecule has 0 radical (unpaired) electrons.